The number of hydrogen-bond donors (Lipinski definition) is 1. The van der Waals surface area contributed by atoms with E-state index in [0.29, 0.717) is 18.0 Å². The van der Waals surface area contributed by atoms with Gasteiger partial charge >= 0.3 is 0 Å². The van der Waals surface area contributed by atoms with Crippen molar-refractivity contribution >= 4 is 11.6 Å². The first kappa shape index (κ1) is 19.6. The lowest BCUT2D eigenvalue weighted by atomic mass is 10.0. The van der Waals surface area contributed by atoms with Crippen molar-refractivity contribution in [3.8, 4) is 5.75 Å². The average Bonchev–Trinajstić information content (AvgIpc) is 2.75. The average molecular weight is 375 g/mol. The van der Waals surface area contributed by atoms with Crippen LogP contribution in [0.15, 0.2) is 84.9 Å². The normalized spacial score (nSPS) is 10.6. The molecular weight excluding hydrogens is 350 g/mol. The number of benzene rings is 3. The molecule has 0 spiro atoms. The predicted octanol–water partition coefficient (Wildman–Crippen LogP) is 5.22. The van der Waals surface area contributed by atoms with E-state index in [1.165, 1.54) is 0 Å². The Morgan fingerprint density at radius 3 is 2.04 bits per heavy atom. The molecule has 1 amide bonds. The van der Waals surface area contributed by atoms with Crippen molar-refractivity contribution in [2.75, 3.05) is 18.5 Å². The molecule has 3 aromatic carbocycles. The Labute approximate surface area is 166 Å². The predicted molar refractivity (Wildman–Crippen MR) is 112 cm³/mol. The zero-order chi connectivity index (χ0) is 19.6. The Morgan fingerprint density at radius 1 is 0.857 bits per heavy atom. The Hall–Kier alpha value is -3.11. The molecular formula is C24H25NO3. The van der Waals surface area contributed by atoms with Crippen molar-refractivity contribution in [2.24, 2.45) is 0 Å². The number of para-hydroxylation sites is 2. The van der Waals surface area contributed by atoms with Crippen LogP contribution in [0.1, 0.15) is 30.6 Å². The van der Waals surface area contributed by atoms with Crippen LogP contribution in [0.5, 0.6) is 5.75 Å². The summed E-state index contributed by atoms with van der Waals surface area (Å²) in [5.74, 6) is 0.449. The lowest BCUT2D eigenvalue weighted by molar-refractivity contribution is -0.121. The first-order valence-corrected chi connectivity index (χ1v) is 9.51. The van der Waals surface area contributed by atoms with Gasteiger partial charge in [0.2, 0.25) is 0 Å². The molecule has 0 aromatic heterocycles. The molecule has 0 heterocycles. The minimum absolute atomic E-state index is 0.0590. The van der Waals surface area contributed by atoms with Crippen molar-refractivity contribution in [3.63, 3.8) is 0 Å². The van der Waals surface area contributed by atoms with Crippen molar-refractivity contribution in [2.45, 2.75) is 19.4 Å². The second-order valence-electron chi connectivity index (χ2n) is 6.41. The van der Waals surface area contributed by atoms with Crippen LogP contribution in [-0.4, -0.2) is 19.1 Å². The fraction of sp³-hybridized carbons (Fsp3) is 0.208. The summed E-state index contributed by atoms with van der Waals surface area (Å²) in [6.45, 7) is 2.59. The first-order chi connectivity index (χ1) is 13.8. The summed E-state index contributed by atoms with van der Waals surface area (Å²) in [5, 5.41) is 2.89. The molecule has 0 bridgehead atoms. The van der Waals surface area contributed by atoms with Crippen molar-refractivity contribution in [3.05, 3.63) is 96.1 Å². The van der Waals surface area contributed by atoms with E-state index in [-0.39, 0.29) is 18.6 Å². The van der Waals surface area contributed by atoms with Crippen LogP contribution < -0.4 is 10.1 Å². The highest BCUT2D eigenvalue weighted by atomic mass is 16.5. The molecule has 1 N–H and O–H groups in total. The van der Waals surface area contributed by atoms with Crippen LogP contribution in [-0.2, 0) is 9.53 Å². The van der Waals surface area contributed by atoms with E-state index in [2.05, 4.69) is 5.32 Å². The van der Waals surface area contributed by atoms with Crippen LogP contribution in [0.3, 0.4) is 0 Å². The quantitative estimate of drug-likeness (QED) is 0.558. The number of amides is 1. The van der Waals surface area contributed by atoms with Crippen LogP contribution in [0.4, 0.5) is 5.69 Å². The van der Waals surface area contributed by atoms with Gasteiger partial charge in [-0.3, -0.25) is 4.79 Å². The number of ether oxygens (including phenoxy) is 2. The number of carbonyl (C=O) groups excluding carboxylic acids is 1. The van der Waals surface area contributed by atoms with Gasteiger partial charge in [0.25, 0.3) is 5.91 Å². The summed E-state index contributed by atoms with van der Waals surface area (Å²) in [5.41, 5.74) is 2.67. The summed E-state index contributed by atoms with van der Waals surface area (Å²) in [6, 6.07) is 27.2. The van der Waals surface area contributed by atoms with Gasteiger partial charge in [-0.05, 0) is 29.7 Å². The summed E-state index contributed by atoms with van der Waals surface area (Å²) in [4.78, 5) is 12.5. The lowest BCUT2D eigenvalue weighted by Gasteiger charge is -2.19. The van der Waals surface area contributed by atoms with Gasteiger partial charge in [-0.15, -0.1) is 0 Å². The third-order valence-corrected chi connectivity index (χ3v) is 4.21. The highest BCUT2D eigenvalue weighted by molar-refractivity contribution is 5.93. The summed E-state index contributed by atoms with van der Waals surface area (Å²) >= 11 is 0. The van der Waals surface area contributed by atoms with Gasteiger partial charge in [0, 0.05) is 0 Å². The van der Waals surface area contributed by atoms with E-state index < -0.39 is 0 Å². The van der Waals surface area contributed by atoms with Crippen LogP contribution in [0, 0.1) is 0 Å². The fourth-order valence-corrected chi connectivity index (χ4v) is 2.89. The van der Waals surface area contributed by atoms with E-state index in [1.54, 1.807) is 0 Å². The summed E-state index contributed by atoms with van der Waals surface area (Å²) < 4.78 is 11.7. The lowest BCUT2D eigenvalue weighted by Crippen LogP contribution is -2.21. The molecule has 0 saturated heterocycles. The number of rotatable bonds is 9. The highest BCUT2D eigenvalue weighted by Crippen LogP contribution is 2.27. The molecule has 0 unspecified atom stereocenters. The second-order valence-corrected chi connectivity index (χ2v) is 6.41. The highest BCUT2D eigenvalue weighted by Gasteiger charge is 2.16. The monoisotopic (exact) mass is 375 g/mol. The van der Waals surface area contributed by atoms with Gasteiger partial charge in [-0.1, -0.05) is 79.7 Å². The molecule has 4 nitrogen and oxygen atoms in total. The molecule has 0 aliphatic carbocycles. The van der Waals surface area contributed by atoms with Gasteiger partial charge in [0.05, 0.1) is 12.3 Å². The molecule has 0 radical (unpaired) electrons. The van der Waals surface area contributed by atoms with Gasteiger partial charge in [0.1, 0.15) is 18.5 Å². The number of anilines is 1. The molecule has 0 atom stereocenters. The van der Waals surface area contributed by atoms with E-state index in [0.717, 1.165) is 17.5 Å². The fourth-order valence-electron chi connectivity index (χ4n) is 2.89. The van der Waals surface area contributed by atoms with Gasteiger partial charge in [-0.2, -0.15) is 0 Å². The Kier molecular flexibility index (Phi) is 7.21. The molecule has 3 aromatic rings. The van der Waals surface area contributed by atoms with E-state index in [9.17, 15) is 4.79 Å². The first-order valence-electron chi connectivity index (χ1n) is 9.51. The molecule has 4 heteroatoms. The third-order valence-electron chi connectivity index (χ3n) is 4.21. The minimum Gasteiger partial charge on any atom is -0.491 e. The number of carbonyl (C=O) groups is 1. The second kappa shape index (κ2) is 10.3. The molecule has 28 heavy (non-hydrogen) atoms. The van der Waals surface area contributed by atoms with Gasteiger partial charge in [0.15, 0.2) is 0 Å². The van der Waals surface area contributed by atoms with Crippen molar-refractivity contribution < 1.29 is 14.3 Å². The molecule has 0 fully saturated rings. The molecule has 0 aliphatic rings. The maximum Gasteiger partial charge on any atom is 0.250 e. The maximum atomic E-state index is 12.5. The summed E-state index contributed by atoms with van der Waals surface area (Å²) in [7, 11) is 0. The Morgan fingerprint density at radius 2 is 1.43 bits per heavy atom. The SMILES string of the molecule is CCCOc1ccccc1NC(=O)COC(c1ccccc1)c1ccccc1. The van der Waals surface area contributed by atoms with Gasteiger partial charge < -0.3 is 14.8 Å². The number of hydrogen-bond acceptors (Lipinski definition) is 3. The maximum absolute atomic E-state index is 12.5. The van der Waals surface area contributed by atoms with E-state index >= 15 is 0 Å². The Balaban J connectivity index is 1.68. The zero-order valence-corrected chi connectivity index (χ0v) is 16.0. The topological polar surface area (TPSA) is 47.6 Å². The van der Waals surface area contributed by atoms with Crippen LogP contribution >= 0.6 is 0 Å². The number of nitrogens with one attached hydrogen (secondary N) is 1. The van der Waals surface area contributed by atoms with Crippen LogP contribution in [0.2, 0.25) is 0 Å². The largest absolute Gasteiger partial charge is 0.491 e. The van der Waals surface area contributed by atoms with Gasteiger partial charge in [-0.25, -0.2) is 0 Å². The third kappa shape index (κ3) is 5.44. The standard InChI is InChI=1S/C24H25NO3/c1-2-17-27-22-16-10-9-15-21(22)25-23(26)18-28-24(19-11-5-3-6-12-19)20-13-7-4-8-14-20/h3-16,24H,2,17-18H2,1H3,(H,25,26). The van der Waals surface area contributed by atoms with E-state index in [4.69, 9.17) is 9.47 Å². The minimum atomic E-state index is -0.306. The zero-order valence-electron chi connectivity index (χ0n) is 16.0. The molecule has 0 saturated carbocycles. The summed E-state index contributed by atoms with van der Waals surface area (Å²) in [6.07, 6.45) is 0.598. The molecule has 3 rings (SSSR count). The smallest absolute Gasteiger partial charge is 0.250 e. The van der Waals surface area contributed by atoms with Crippen molar-refractivity contribution in [1.82, 2.24) is 0 Å². The van der Waals surface area contributed by atoms with Crippen molar-refractivity contribution in [1.29, 1.82) is 0 Å². The molecule has 0 aliphatic heterocycles. The van der Waals surface area contributed by atoms with E-state index in [1.807, 2.05) is 91.9 Å². The van der Waals surface area contributed by atoms with Crippen LogP contribution in [0.25, 0.3) is 0 Å². The Bertz CT molecular complexity index is 826. The molecule has 144 valence electrons.